The van der Waals surface area contributed by atoms with E-state index in [4.69, 9.17) is 4.74 Å². The third-order valence-electron chi connectivity index (χ3n) is 4.14. The first kappa shape index (κ1) is 16.3. The largest absolute Gasteiger partial charge is 0.445 e. The second-order valence-corrected chi connectivity index (χ2v) is 5.85. The number of carbonyl (C=O) groups is 1. The molecule has 2 atom stereocenters. The van der Waals surface area contributed by atoms with Crippen molar-refractivity contribution in [1.29, 1.82) is 0 Å². The normalized spacial score (nSPS) is 20.5. The molecule has 0 radical (unpaired) electrons. The molecule has 0 spiro atoms. The van der Waals surface area contributed by atoms with Gasteiger partial charge < -0.3 is 9.84 Å². The first-order valence-electron chi connectivity index (χ1n) is 8.12. The molecule has 1 aliphatic heterocycles. The SMILES string of the molecule is O=C(OCc1ccccc1)N1CC[C@@H](O)[C@H]1/C=C/c1ccccc1. The molecule has 1 heterocycles. The highest BCUT2D eigenvalue weighted by Gasteiger charge is 2.35. The molecular formula is C20H21NO3. The molecule has 1 aliphatic rings. The lowest BCUT2D eigenvalue weighted by atomic mass is 10.1. The smallest absolute Gasteiger partial charge is 0.410 e. The van der Waals surface area contributed by atoms with Crippen molar-refractivity contribution in [2.45, 2.75) is 25.2 Å². The maximum Gasteiger partial charge on any atom is 0.410 e. The Morgan fingerprint density at radius 1 is 1.12 bits per heavy atom. The van der Waals surface area contributed by atoms with Gasteiger partial charge in [0.05, 0.1) is 12.1 Å². The van der Waals surface area contributed by atoms with Crippen LogP contribution in [0.25, 0.3) is 6.08 Å². The number of likely N-dealkylation sites (tertiary alicyclic amines) is 1. The van der Waals surface area contributed by atoms with E-state index in [-0.39, 0.29) is 12.6 Å². The van der Waals surface area contributed by atoms with Gasteiger partial charge in [-0.15, -0.1) is 0 Å². The Balaban J connectivity index is 1.63. The maximum atomic E-state index is 12.3. The molecule has 0 aromatic heterocycles. The summed E-state index contributed by atoms with van der Waals surface area (Å²) in [7, 11) is 0. The molecule has 0 aliphatic carbocycles. The Hall–Kier alpha value is -2.59. The zero-order chi connectivity index (χ0) is 16.8. The number of rotatable bonds is 4. The number of hydrogen-bond acceptors (Lipinski definition) is 3. The number of carbonyl (C=O) groups excluding carboxylic acids is 1. The van der Waals surface area contributed by atoms with E-state index in [2.05, 4.69) is 0 Å². The second-order valence-electron chi connectivity index (χ2n) is 5.85. The second kappa shape index (κ2) is 7.79. The Bertz CT molecular complexity index is 685. The number of hydrogen-bond donors (Lipinski definition) is 1. The van der Waals surface area contributed by atoms with Crippen LogP contribution in [0.1, 0.15) is 17.5 Å². The lowest BCUT2D eigenvalue weighted by Crippen LogP contribution is -2.38. The first-order valence-corrected chi connectivity index (χ1v) is 8.12. The molecule has 2 aromatic carbocycles. The van der Waals surface area contributed by atoms with Gasteiger partial charge in [-0.05, 0) is 17.5 Å². The molecule has 124 valence electrons. The van der Waals surface area contributed by atoms with Gasteiger partial charge in [-0.3, -0.25) is 4.90 Å². The average molecular weight is 323 g/mol. The van der Waals surface area contributed by atoms with Crippen LogP contribution in [-0.4, -0.2) is 34.8 Å². The summed E-state index contributed by atoms with van der Waals surface area (Å²) in [6.45, 7) is 0.736. The number of aliphatic hydroxyl groups excluding tert-OH is 1. The Morgan fingerprint density at radius 3 is 2.50 bits per heavy atom. The Labute approximate surface area is 142 Å². The van der Waals surface area contributed by atoms with E-state index in [1.54, 1.807) is 4.90 Å². The quantitative estimate of drug-likeness (QED) is 0.937. The minimum atomic E-state index is -0.561. The standard InChI is InChI=1S/C20H21NO3/c22-19-13-14-21(18(19)12-11-16-7-3-1-4-8-16)20(23)24-15-17-9-5-2-6-10-17/h1-12,18-19,22H,13-15H2/b12-11+/t18-,19-/m1/s1. The lowest BCUT2D eigenvalue weighted by molar-refractivity contribution is 0.0835. The van der Waals surface area contributed by atoms with Crippen molar-refractivity contribution < 1.29 is 14.6 Å². The summed E-state index contributed by atoms with van der Waals surface area (Å²) in [6.07, 6.45) is 3.41. The van der Waals surface area contributed by atoms with Crippen LogP contribution in [0.3, 0.4) is 0 Å². The van der Waals surface area contributed by atoms with E-state index >= 15 is 0 Å². The minimum absolute atomic E-state index is 0.237. The van der Waals surface area contributed by atoms with Crippen molar-refractivity contribution in [1.82, 2.24) is 4.90 Å². The number of benzene rings is 2. The van der Waals surface area contributed by atoms with Crippen LogP contribution in [0.15, 0.2) is 66.7 Å². The van der Waals surface area contributed by atoms with Crippen LogP contribution in [0.5, 0.6) is 0 Å². The van der Waals surface area contributed by atoms with E-state index in [0.29, 0.717) is 13.0 Å². The zero-order valence-corrected chi connectivity index (χ0v) is 13.4. The van der Waals surface area contributed by atoms with Crippen molar-refractivity contribution in [3.63, 3.8) is 0 Å². The maximum absolute atomic E-state index is 12.3. The third-order valence-corrected chi connectivity index (χ3v) is 4.14. The summed E-state index contributed by atoms with van der Waals surface area (Å²) in [4.78, 5) is 13.9. The Kier molecular flexibility index (Phi) is 5.29. The van der Waals surface area contributed by atoms with E-state index in [9.17, 15) is 9.90 Å². The highest BCUT2D eigenvalue weighted by molar-refractivity contribution is 5.69. The van der Waals surface area contributed by atoms with Crippen LogP contribution < -0.4 is 0 Å². The van der Waals surface area contributed by atoms with Gasteiger partial charge in [0.25, 0.3) is 0 Å². The topological polar surface area (TPSA) is 49.8 Å². The summed E-state index contributed by atoms with van der Waals surface area (Å²) in [5.41, 5.74) is 1.98. The molecule has 4 heteroatoms. The van der Waals surface area contributed by atoms with Gasteiger partial charge in [-0.25, -0.2) is 4.79 Å². The fourth-order valence-electron chi connectivity index (χ4n) is 2.82. The van der Waals surface area contributed by atoms with Crippen molar-refractivity contribution in [3.05, 3.63) is 77.9 Å². The summed E-state index contributed by atoms with van der Waals surface area (Å²) >= 11 is 0. The minimum Gasteiger partial charge on any atom is -0.445 e. The molecule has 4 nitrogen and oxygen atoms in total. The van der Waals surface area contributed by atoms with Crippen LogP contribution in [0.4, 0.5) is 4.79 Å². The first-order chi connectivity index (χ1) is 11.7. The lowest BCUT2D eigenvalue weighted by Gasteiger charge is -2.23. The third kappa shape index (κ3) is 4.03. The molecule has 1 amide bonds. The zero-order valence-electron chi connectivity index (χ0n) is 13.4. The van der Waals surface area contributed by atoms with E-state index in [1.807, 2.05) is 72.8 Å². The highest BCUT2D eigenvalue weighted by atomic mass is 16.6. The highest BCUT2D eigenvalue weighted by Crippen LogP contribution is 2.21. The average Bonchev–Trinajstić information content (AvgIpc) is 3.00. The predicted octanol–water partition coefficient (Wildman–Crippen LogP) is 3.47. The van der Waals surface area contributed by atoms with E-state index in [1.165, 1.54) is 0 Å². The van der Waals surface area contributed by atoms with Gasteiger partial charge in [-0.1, -0.05) is 72.8 Å². The fourth-order valence-corrected chi connectivity index (χ4v) is 2.82. The molecule has 0 unspecified atom stereocenters. The summed E-state index contributed by atoms with van der Waals surface area (Å²) < 4.78 is 5.38. The molecule has 0 saturated carbocycles. The van der Waals surface area contributed by atoms with Crippen LogP contribution in [0, 0.1) is 0 Å². The molecule has 0 bridgehead atoms. The molecule has 3 rings (SSSR count). The fraction of sp³-hybridized carbons (Fsp3) is 0.250. The van der Waals surface area contributed by atoms with Crippen molar-refractivity contribution >= 4 is 12.2 Å². The van der Waals surface area contributed by atoms with Gasteiger partial charge in [0.2, 0.25) is 0 Å². The van der Waals surface area contributed by atoms with E-state index < -0.39 is 12.2 Å². The summed E-state index contributed by atoms with van der Waals surface area (Å²) in [5, 5.41) is 10.2. The molecule has 1 N–H and O–H groups in total. The van der Waals surface area contributed by atoms with Gasteiger partial charge in [0.1, 0.15) is 6.61 Å². The van der Waals surface area contributed by atoms with Crippen LogP contribution >= 0.6 is 0 Å². The summed E-state index contributed by atoms with van der Waals surface area (Å²) in [6, 6.07) is 19.1. The number of amides is 1. The van der Waals surface area contributed by atoms with Crippen molar-refractivity contribution in [2.24, 2.45) is 0 Å². The van der Waals surface area contributed by atoms with Crippen molar-refractivity contribution in [3.8, 4) is 0 Å². The van der Waals surface area contributed by atoms with Crippen LogP contribution in [0.2, 0.25) is 0 Å². The number of ether oxygens (including phenoxy) is 1. The molecular weight excluding hydrogens is 302 g/mol. The molecule has 2 aromatic rings. The predicted molar refractivity (Wildman–Crippen MR) is 93.2 cm³/mol. The van der Waals surface area contributed by atoms with Crippen molar-refractivity contribution in [2.75, 3.05) is 6.54 Å². The van der Waals surface area contributed by atoms with Gasteiger partial charge in [0, 0.05) is 6.54 Å². The van der Waals surface area contributed by atoms with Gasteiger partial charge >= 0.3 is 6.09 Å². The number of nitrogens with zero attached hydrogens (tertiary/aromatic N) is 1. The molecule has 1 saturated heterocycles. The summed E-state index contributed by atoms with van der Waals surface area (Å²) in [5.74, 6) is 0. The molecule has 24 heavy (non-hydrogen) atoms. The van der Waals surface area contributed by atoms with Gasteiger partial charge in [-0.2, -0.15) is 0 Å². The Morgan fingerprint density at radius 2 is 1.79 bits per heavy atom. The van der Waals surface area contributed by atoms with Gasteiger partial charge in [0.15, 0.2) is 0 Å². The molecule has 1 fully saturated rings. The monoisotopic (exact) mass is 323 g/mol. The van der Waals surface area contributed by atoms with Crippen LogP contribution in [-0.2, 0) is 11.3 Å². The number of aliphatic hydroxyl groups is 1. The van der Waals surface area contributed by atoms with E-state index in [0.717, 1.165) is 11.1 Å².